The van der Waals surface area contributed by atoms with Crippen LogP contribution in [0.3, 0.4) is 0 Å². The number of fused-ring (bicyclic) bond motifs is 3. The van der Waals surface area contributed by atoms with Gasteiger partial charge in [0.05, 0.1) is 11.2 Å². The molecule has 2 aliphatic rings. The van der Waals surface area contributed by atoms with Gasteiger partial charge in [0, 0.05) is 0 Å². The Morgan fingerprint density at radius 3 is 2.03 bits per heavy atom. The Balaban J connectivity index is 1.66. The molecule has 2 heterocycles. The van der Waals surface area contributed by atoms with Crippen LogP contribution in [0.1, 0.15) is 27.7 Å². The molecule has 1 fully saturated rings. The van der Waals surface area contributed by atoms with Gasteiger partial charge in [0.1, 0.15) is 8.07 Å². The van der Waals surface area contributed by atoms with E-state index in [1.165, 1.54) is 32.6 Å². The van der Waals surface area contributed by atoms with Crippen molar-refractivity contribution >= 4 is 31.0 Å². The van der Waals surface area contributed by atoms with Gasteiger partial charge in [-0.3, -0.25) is 0 Å². The fourth-order valence-corrected chi connectivity index (χ4v) is 7.90. The summed E-state index contributed by atoms with van der Waals surface area (Å²) in [6.45, 7) is 13.4. The molecule has 0 radical (unpaired) electrons. The van der Waals surface area contributed by atoms with E-state index in [2.05, 4.69) is 108 Å². The minimum atomic E-state index is -1.81. The van der Waals surface area contributed by atoms with Crippen molar-refractivity contribution in [2.24, 2.45) is 0 Å². The van der Waals surface area contributed by atoms with E-state index >= 15 is 0 Å². The van der Waals surface area contributed by atoms with E-state index in [4.69, 9.17) is 9.31 Å². The van der Waals surface area contributed by atoms with Gasteiger partial charge in [-0.2, -0.15) is 0 Å². The summed E-state index contributed by atoms with van der Waals surface area (Å²) in [5.41, 5.74) is 5.73. The summed E-state index contributed by atoms with van der Waals surface area (Å²) in [4.78, 5) is 0. The van der Waals surface area contributed by atoms with Crippen LogP contribution in [0, 0.1) is 0 Å². The molecule has 1 saturated heterocycles. The molecule has 3 aromatic rings. The van der Waals surface area contributed by atoms with Crippen LogP contribution in [0.25, 0.3) is 22.3 Å². The largest absolute Gasteiger partial charge is 0.495 e. The molecule has 0 N–H and O–H groups in total. The Labute approximate surface area is 181 Å². The molecule has 0 saturated carbocycles. The second kappa shape index (κ2) is 6.43. The highest BCUT2D eigenvalue weighted by Crippen LogP contribution is 2.38. The van der Waals surface area contributed by atoms with Gasteiger partial charge in [-0.1, -0.05) is 79.8 Å². The van der Waals surface area contributed by atoms with E-state index in [1.807, 2.05) is 0 Å². The summed E-state index contributed by atoms with van der Waals surface area (Å²) in [7, 11) is -2.15. The third kappa shape index (κ3) is 2.78. The first-order valence-electron chi connectivity index (χ1n) is 10.8. The highest BCUT2D eigenvalue weighted by atomic mass is 28.3. The second-order valence-corrected chi connectivity index (χ2v) is 14.4. The predicted molar refractivity (Wildman–Crippen MR) is 130 cm³/mol. The monoisotopic (exact) mass is 412 g/mol. The van der Waals surface area contributed by atoms with Crippen LogP contribution in [0.15, 0.2) is 66.7 Å². The van der Waals surface area contributed by atoms with Crippen LogP contribution < -0.4 is 15.8 Å². The van der Waals surface area contributed by atoms with Crippen LogP contribution in [0.4, 0.5) is 0 Å². The maximum absolute atomic E-state index is 6.44. The lowest BCUT2D eigenvalue weighted by atomic mass is 9.74. The van der Waals surface area contributed by atoms with E-state index in [-0.39, 0.29) is 18.3 Å². The average molecular weight is 412 g/mol. The summed E-state index contributed by atoms with van der Waals surface area (Å²) in [5, 5.41) is 2.98. The smallest absolute Gasteiger partial charge is 0.399 e. The standard InChI is InChI=1S/C26H29BO2Si/c1-25(2)26(3,4)29-27(28-25)21-13-10-14-22-24(21)20-16-15-19(17-23(20)30(22,5)6)18-11-8-7-9-12-18/h7-17H,1-6H3. The molecule has 0 spiro atoms. The Bertz CT molecular complexity index is 1120. The number of hydrogen-bond donors (Lipinski definition) is 0. The van der Waals surface area contributed by atoms with E-state index in [0.29, 0.717) is 0 Å². The van der Waals surface area contributed by atoms with Crippen molar-refractivity contribution in [1.82, 2.24) is 0 Å². The summed E-state index contributed by atoms with van der Waals surface area (Å²) in [6.07, 6.45) is 0. The van der Waals surface area contributed by atoms with Crippen LogP contribution in [0.5, 0.6) is 0 Å². The molecular formula is C26H29BO2Si. The SMILES string of the molecule is CC1(C)OB(c2cccc3c2-c2ccc(-c4ccccc4)cc2[Si]3(C)C)OC1(C)C. The molecule has 2 aliphatic heterocycles. The van der Waals surface area contributed by atoms with Gasteiger partial charge in [0.25, 0.3) is 0 Å². The first kappa shape index (κ1) is 19.8. The zero-order valence-electron chi connectivity index (χ0n) is 18.7. The summed E-state index contributed by atoms with van der Waals surface area (Å²) >= 11 is 0. The Hall–Kier alpha value is -2.14. The van der Waals surface area contributed by atoms with E-state index in [0.717, 1.165) is 5.46 Å². The lowest BCUT2D eigenvalue weighted by molar-refractivity contribution is 0.00578. The highest BCUT2D eigenvalue weighted by Gasteiger charge is 2.53. The van der Waals surface area contributed by atoms with Crippen LogP contribution in [0.2, 0.25) is 13.1 Å². The van der Waals surface area contributed by atoms with Crippen molar-refractivity contribution in [2.75, 3.05) is 0 Å². The van der Waals surface area contributed by atoms with Crippen molar-refractivity contribution < 1.29 is 9.31 Å². The van der Waals surface area contributed by atoms with E-state index in [1.54, 1.807) is 0 Å². The van der Waals surface area contributed by atoms with Gasteiger partial charge in [-0.25, -0.2) is 0 Å². The first-order valence-corrected chi connectivity index (χ1v) is 13.8. The minimum Gasteiger partial charge on any atom is -0.399 e. The minimum absolute atomic E-state index is 0.338. The van der Waals surface area contributed by atoms with Gasteiger partial charge in [0.15, 0.2) is 0 Å². The van der Waals surface area contributed by atoms with Crippen molar-refractivity contribution in [3.05, 3.63) is 66.7 Å². The Morgan fingerprint density at radius 1 is 0.700 bits per heavy atom. The van der Waals surface area contributed by atoms with Crippen molar-refractivity contribution in [2.45, 2.75) is 52.0 Å². The lowest BCUT2D eigenvalue weighted by Gasteiger charge is -2.32. The van der Waals surface area contributed by atoms with Crippen molar-refractivity contribution in [1.29, 1.82) is 0 Å². The zero-order chi connectivity index (χ0) is 21.3. The second-order valence-electron chi connectivity index (χ2n) is 10.1. The summed E-state index contributed by atoms with van der Waals surface area (Å²) < 4.78 is 12.9. The topological polar surface area (TPSA) is 18.5 Å². The number of benzene rings is 3. The van der Waals surface area contributed by atoms with Gasteiger partial charge in [0.2, 0.25) is 0 Å². The van der Waals surface area contributed by atoms with Crippen molar-refractivity contribution in [3.8, 4) is 22.3 Å². The molecule has 0 amide bonds. The molecule has 0 atom stereocenters. The van der Waals surface area contributed by atoms with Crippen LogP contribution in [-0.4, -0.2) is 26.4 Å². The van der Waals surface area contributed by atoms with Gasteiger partial charge in [-0.05, 0) is 65.8 Å². The average Bonchev–Trinajstić information content (AvgIpc) is 3.08. The Kier molecular flexibility index (Phi) is 4.24. The van der Waals surface area contributed by atoms with Crippen LogP contribution in [-0.2, 0) is 9.31 Å². The molecule has 4 heteroatoms. The van der Waals surface area contributed by atoms with Crippen LogP contribution >= 0.6 is 0 Å². The molecule has 0 bridgehead atoms. The fraction of sp³-hybridized carbons (Fsp3) is 0.308. The third-order valence-corrected chi connectivity index (χ3v) is 10.9. The fourth-order valence-electron chi connectivity index (χ4n) is 4.79. The third-order valence-electron chi connectivity index (χ3n) is 7.35. The molecule has 0 aliphatic carbocycles. The van der Waals surface area contributed by atoms with E-state index in [9.17, 15) is 0 Å². The summed E-state index contributed by atoms with van der Waals surface area (Å²) in [6, 6.07) is 24.3. The molecular weight excluding hydrogens is 383 g/mol. The number of rotatable bonds is 2. The van der Waals surface area contributed by atoms with Crippen molar-refractivity contribution in [3.63, 3.8) is 0 Å². The maximum Gasteiger partial charge on any atom is 0.495 e. The lowest BCUT2D eigenvalue weighted by Crippen LogP contribution is -2.50. The predicted octanol–water partition coefficient (Wildman–Crippen LogP) is 4.46. The molecule has 0 unspecified atom stereocenters. The van der Waals surface area contributed by atoms with E-state index < -0.39 is 8.07 Å². The number of hydrogen-bond acceptors (Lipinski definition) is 2. The molecule has 3 aromatic carbocycles. The first-order chi connectivity index (χ1) is 14.1. The quantitative estimate of drug-likeness (QED) is 0.579. The highest BCUT2D eigenvalue weighted by molar-refractivity contribution is 7.04. The van der Waals surface area contributed by atoms with Gasteiger partial charge in [-0.15, -0.1) is 0 Å². The molecule has 5 rings (SSSR count). The van der Waals surface area contributed by atoms with Gasteiger partial charge >= 0.3 is 7.12 Å². The molecule has 0 aromatic heterocycles. The van der Waals surface area contributed by atoms with Gasteiger partial charge < -0.3 is 9.31 Å². The zero-order valence-corrected chi connectivity index (χ0v) is 19.7. The molecule has 152 valence electrons. The molecule has 2 nitrogen and oxygen atoms in total. The summed E-state index contributed by atoms with van der Waals surface area (Å²) in [5.74, 6) is 0. The maximum atomic E-state index is 6.44. The normalized spacial score (nSPS) is 20.1. The molecule has 30 heavy (non-hydrogen) atoms. The Morgan fingerprint density at radius 2 is 1.37 bits per heavy atom.